The van der Waals surface area contributed by atoms with Crippen LogP contribution in [-0.4, -0.2) is 5.75 Å². The zero-order valence-electron chi connectivity index (χ0n) is 14.8. The van der Waals surface area contributed by atoms with Gasteiger partial charge in [0.2, 0.25) is 0 Å². The van der Waals surface area contributed by atoms with Gasteiger partial charge in [-0.2, -0.15) is 12.6 Å². The molecule has 0 N–H and O–H groups in total. The molecule has 122 valence electrons. The molecule has 0 bridgehead atoms. The average molecular weight is 301 g/mol. The Kier molecular flexibility index (Phi) is 13.3. The SMILES string of the molecule is CCC(CCCS)CC(C)CC(CC)CC(CC)CC. The molecule has 0 saturated carbocycles. The molecular formula is C19H40S. The van der Waals surface area contributed by atoms with Crippen LogP contribution in [0.5, 0.6) is 0 Å². The van der Waals surface area contributed by atoms with E-state index in [0.29, 0.717) is 0 Å². The minimum Gasteiger partial charge on any atom is -0.179 e. The molecule has 0 aliphatic carbocycles. The van der Waals surface area contributed by atoms with E-state index >= 15 is 0 Å². The predicted molar refractivity (Wildman–Crippen MR) is 97.7 cm³/mol. The smallest absolute Gasteiger partial charge is 0.00978 e. The molecule has 0 radical (unpaired) electrons. The molecule has 0 aliphatic rings. The van der Waals surface area contributed by atoms with E-state index < -0.39 is 0 Å². The third-order valence-corrected chi connectivity index (χ3v) is 5.53. The highest BCUT2D eigenvalue weighted by atomic mass is 32.1. The number of hydrogen-bond donors (Lipinski definition) is 1. The van der Waals surface area contributed by atoms with Crippen LogP contribution in [0.2, 0.25) is 0 Å². The maximum Gasteiger partial charge on any atom is -0.00978 e. The van der Waals surface area contributed by atoms with Gasteiger partial charge in [-0.3, -0.25) is 0 Å². The lowest BCUT2D eigenvalue weighted by Crippen LogP contribution is -2.14. The van der Waals surface area contributed by atoms with Gasteiger partial charge in [0.05, 0.1) is 0 Å². The van der Waals surface area contributed by atoms with Crippen LogP contribution in [0.1, 0.15) is 92.4 Å². The fraction of sp³-hybridized carbons (Fsp3) is 1.00. The molecule has 0 heterocycles. The molecule has 0 amide bonds. The summed E-state index contributed by atoms with van der Waals surface area (Å²) >= 11 is 4.35. The zero-order valence-corrected chi connectivity index (χ0v) is 15.7. The third kappa shape index (κ3) is 9.32. The van der Waals surface area contributed by atoms with Crippen LogP contribution < -0.4 is 0 Å². The summed E-state index contributed by atoms with van der Waals surface area (Å²) in [5.74, 6) is 4.80. The molecule has 0 aromatic heterocycles. The van der Waals surface area contributed by atoms with Crippen molar-refractivity contribution in [2.75, 3.05) is 5.75 Å². The van der Waals surface area contributed by atoms with Gasteiger partial charge in [0.15, 0.2) is 0 Å². The van der Waals surface area contributed by atoms with Crippen LogP contribution in [0.3, 0.4) is 0 Å². The molecule has 3 unspecified atom stereocenters. The van der Waals surface area contributed by atoms with E-state index in [1.807, 2.05) is 0 Å². The van der Waals surface area contributed by atoms with Crippen LogP contribution in [0.4, 0.5) is 0 Å². The Morgan fingerprint density at radius 1 is 0.700 bits per heavy atom. The maximum absolute atomic E-state index is 4.35. The summed E-state index contributed by atoms with van der Waals surface area (Å²) in [7, 11) is 0. The summed E-state index contributed by atoms with van der Waals surface area (Å²) in [5, 5.41) is 0. The first-order valence-corrected chi connectivity index (χ1v) is 9.85. The molecule has 0 spiro atoms. The minimum absolute atomic E-state index is 0.902. The fourth-order valence-electron chi connectivity index (χ4n) is 3.63. The molecule has 1 heteroatoms. The van der Waals surface area contributed by atoms with Crippen molar-refractivity contribution in [1.29, 1.82) is 0 Å². The van der Waals surface area contributed by atoms with E-state index in [1.165, 1.54) is 57.8 Å². The Morgan fingerprint density at radius 3 is 1.65 bits per heavy atom. The summed E-state index contributed by atoms with van der Waals surface area (Å²) < 4.78 is 0. The van der Waals surface area contributed by atoms with Gasteiger partial charge < -0.3 is 0 Å². The Labute approximate surface area is 134 Å². The molecule has 3 atom stereocenters. The Bertz CT molecular complexity index is 198. The van der Waals surface area contributed by atoms with Crippen molar-refractivity contribution in [2.24, 2.45) is 23.7 Å². The van der Waals surface area contributed by atoms with Crippen LogP contribution >= 0.6 is 12.6 Å². The van der Waals surface area contributed by atoms with Gasteiger partial charge in [-0.15, -0.1) is 0 Å². The van der Waals surface area contributed by atoms with Gasteiger partial charge >= 0.3 is 0 Å². The van der Waals surface area contributed by atoms with E-state index in [4.69, 9.17) is 0 Å². The summed E-state index contributed by atoms with van der Waals surface area (Å²) in [6.07, 6.45) is 12.5. The first kappa shape index (κ1) is 20.3. The number of rotatable bonds is 13. The molecule has 20 heavy (non-hydrogen) atoms. The molecule has 0 nitrogen and oxygen atoms in total. The first-order chi connectivity index (χ1) is 9.60. The molecule has 0 aromatic rings. The quantitative estimate of drug-likeness (QED) is 0.348. The fourth-order valence-corrected chi connectivity index (χ4v) is 3.81. The second-order valence-electron chi connectivity index (χ2n) is 6.91. The van der Waals surface area contributed by atoms with E-state index in [1.54, 1.807) is 0 Å². The topological polar surface area (TPSA) is 0 Å². The Balaban J connectivity index is 4.14. The minimum atomic E-state index is 0.902. The van der Waals surface area contributed by atoms with Gasteiger partial charge in [0, 0.05) is 0 Å². The summed E-state index contributed by atoms with van der Waals surface area (Å²) in [4.78, 5) is 0. The van der Waals surface area contributed by atoms with Crippen molar-refractivity contribution in [3.05, 3.63) is 0 Å². The highest BCUT2D eigenvalue weighted by Crippen LogP contribution is 2.30. The van der Waals surface area contributed by atoms with Crippen molar-refractivity contribution < 1.29 is 0 Å². The first-order valence-electron chi connectivity index (χ1n) is 9.21. The predicted octanol–water partition coefficient (Wildman–Crippen LogP) is 6.99. The van der Waals surface area contributed by atoms with Crippen molar-refractivity contribution >= 4 is 12.6 Å². The zero-order chi connectivity index (χ0) is 15.4. The number of thiol groups is 1. The van der Waals surface area contributed by atoms with E-state index in [-0.39, 0.29) is 0 Å². The van der Waals surface area contributed by atoms with Crippen LogP contribution in [0, 0.1) is 23.7 Å². The summed E-state index contributed by atoms with van der Waals surface area (Å²) in [5.41, 5.74) is 0. The van der Waals surface area contributed by atoms with E-state index in [0.717, 1.165) is 29.4 Å². The van der Waals surface area contributed by atoms with Crippen LogP contribution in [-0.2, 0) is 0 Å². The largest absolute Gasteiger partial charge is 0.179 e. The second-order valence-corrected chi connectivity index (χ2v) is 7.36. The molecule has 0 saturated heterocycles. The highest BCUT2D eigenvalue weighted by molar-refractivity contribution is 7.80. The lowest BCUT2D eigenvalue weighted by molar-refractivity contribution is 0.261. The Hall–Kier alpha value is 0.350. The molecule has 0 aromatic carbocycles. The average Bonchev–Trinajstić information content (AvgIpc) is 2.47. The van der Waals surface area contributed by atoms with E-state index in [9.17, 15) is 0 Å². The number of hydrogen-bond acceptors (Lipinski definition) is 1. The normalized spacial score (nSPS) is 16.4. The monoisotopic (exact) mass is 300 g/mol. The third-order valence-electron chi connectivity index (χ3n) is 5.22. The van der Waals surface area contributed by atoms with Gasteiger partial charge in [-0.25, -0.2) is 0 Å². The van der Waals surface area contributed by atoms with Crippen LogP contribution in [0.15, 0.2) is 0 Å². The standard InChI is InChI=1S/C19H40S/c1-6-17(7-2)15-19(9-4)14-16(5)13-18(8-3)11-10-12-20/h16-20H,6-15H2,1-5H3. The van der Waals surface area contributed by atoms with Gasteiger partial charge in [0.1, 0.15) is 0 Å². The van der Waals surface area contributed by atoms with Gasteiger partial charge in [-0.05, 0) is 61.5 Å². The molecule has 0 fully saturated rings. The Morgan fingerprint density at radius 2 is 1.20 bits per heavy atom. The van der Waals surface area contributed by atoms with Crippen LogP contribution in [0.25, 0.3) is 0 Å². The van der Waals surface area contributed by atoms with Gasteiger partial charge in [0.25, 0.3) is 0 Å². The molecular weight excluding hydrogens is 260 g/mol. The maximum atomic E-state index is 4.35. The highest BCUT2D eigenvalue weighted by Gasteiger charge is 2.18. The lowest BCUT2D eigenvalue weighted by atomic mass is 9.80. The second kappa shape index (κ2) is 13.0. The summed E-state index contributed by atoms with van der Waals surface area (Å²) in [6, 6.07) is 0. The van der Waals surface area contributed by atoms with Crippen molar-refractivity contribution in [2.45, 2.75) is 92.4 Å². The molecule has 0 aliphatic heterocycles. The molecule has 0 rings (SSSR count). The van der Waals surface area contributed by atoms with Crippen molar-refractivity contribution in [3.63, 3.8) is 0 Å². The van der Waals surface area contributed by atoms with Crippen molar-refractivity contribution in [1.82, 2.24) is 0 Å². The lowest BCUT2D eigenvalue weighted by Gasteiger charge is -2.26. The van der Waals surface area contributed by atoms with E-state index in [2.05, 4.69) is 47.2 Å². The van der Waals surface area contributed by atoms with Crippen molar-refractivity contribution in [3.8, 4) is 0 Å². The summed E-state index contributed by atoms with van der Waals surface area (Å²) in [6.45, 7) is 11.9. The van der Waals surface area contributed by atoms with Gasteiger partial charge in [-0.1, -0.05) is 60.3 Å².